The van der Waals surface area contributed by atoms with Crippen molar-refractivity contribution < 1.29 is 13.9 Å². The third-order valence-electron chi connectivity index (χ3n) is 3.76. The molecule has 0 bridgehead atoms. The van der Waals surface area contributed by atoms with Crippen molar-refractivity contribution in [3.05, 3.63) is 66.3 Å². The Bertz CT molecular complexity index is 873. The number of methoxy groups -OCH3 is 1. The Kier molecular flexibility index (Phi) is 4.51. The smallest absolute Gasteiger partial charge is 0.162 e. The van der Waals surface area contributed by atoms with Crippen molar-refractivity contribution in [2.45, 2.75) is 19.4 Å². The SMILES string of the molecule is C=CCc1ccc(O[C@H](C)c2nc3ccc(F)cc3[nH]2)c(OC)c1. The summed E-state index contributed by atoms with van der Waals surface area (Å²) in [6.07, 6.45) is 2.27. The van der Waals surface area contributed by atoms with Crippen LogP contribution in [0.3, 0.4) is 0 Å². The molecule has 1 aromatic heterocycles. The number of benzene rings is 2. The summed E-state index contributed by atoms with van der Waals surface area (Å²) in [4.78, 5) is 7.55. The van der Waals surface area contributed by atoms with Gasteiger partial charge >= 0.3 is 0 Å². The second-order valence-electron chi connectivity index (χ2n) is 5.52. The Balaban J connectivity index is 1.84. The van der Waals surface area contributed by atoms with E-state index in [-0.39, 0.29) is 11.9 Å². The topological polar surface area (TPSA) is 47.1 Å². The summed E-state index contributed by atoms with van der Waals surface area (Å²) in [5, 5.41) is 0. The van der Waals surface area contributed by atoms with Crippen molar-refractivity contribution >= 4 is 11.0 Å². The average molecular weight is 326 g/mol. The summed E-state index contributed by atoms with van der Waals surface area (Å²) < 4.78 is 24.7. The first-order valence-corrected chi connectivity index (χ1v) is 7.70. The number of rotatable bonds is 6. The van der Waals surface area contributed by atoms with E-state index in [0.29, 0.717) is 28.4 Å². The molecule has 0 unspecified atom stereocenters. The Morgan fingerprint density at radius 1 is 1.25 bits per heavy atom. The fraction of sp³-hybridized carbons (Fsp3) is 0.211. The van der Waals surface area contributed by atoms with E-state index in [2.05, 4.69) is 16.5 Å². The van der Waals surface area contributed by atoms with E-state index in [0.717, 1.165) is 12.0 Å². The van der Waals surface area contributed by atoms with Gasteiger partial charge in [-0.05, 0) is 49.2 Å². The maximum absolute atomic E-state index is 13.3. The van der Waals surface area contributed by atoms with Crippen molar-refractivity contribution in [2.24, 2.45) is 0 Å². The Morgan fingerprint density at radius 2 is 2.08 bits per heavy atom. The van der Waals surface area contributed by atoms with Gasteiger partial charge < -0.3 is 14.5 Å². The van der Waals surface area contributed by atoms with Gasteiger partial charge in [0.05, 0.1) is 18.1 Å². The van der Waals surface area contributed by atoms with Crippen LogP contribution < -0.4 is 9.47 Å². The molecular formula is C19H19FN2O2. The number of fused-ring (bicyclic) bond motifs is 1. The molecule has 3 aromatic rings. The number of aromatic nitrogens is 2. The van der Waals surface area contributed by atoms with Gasteiger partial charge in [-0.1, -0.05) is 12.1 Å². The Hall–Kier alpha value is -2.82. The molecule has 2 aromatic carbocycles. The predicted molar refractivity (Wildman–Crippen MR) is 92.0 cm³/mol. The molecule has 124 valence electrons. The van der Waals surface area contributed by atoms with Crippen molar-refractivity contribution in [3.63, 3.8) is 0 Å². The number of hydrogen-bond donors (Lipinski definition) is 1. The molecule has 0 aliphatic heterocycles. The fourth-order valence-electron chi connectivity index (χ4n) is 2.54. The van der Waals surface area contributed by atoms with Crippen molar-refractivity contribution in [1.29, 1.82) is 0 Å². The molecule has 0 aliphatic rings. The van der Waals surface area contributed by atoms with E-state index in [4.69, 9.17) is 9.47 Å². The number of allylic oxidation sites excluding steroid dienone is 1. The number of nitrogens with zero attached hydrogens (tertiary/aromatic N) is 1. The third kappa shape index (κ3) is 3.25. The highest BCUT2D eigenvalue weighted by atomic mass is 19.1. The van der Waals surface area contributed by atoms with Gasteiger partial charge in [-0.25, -0.2) is 9.37 Å². The summed E-state index contributed by atoms with van der Waals surface area (Å²) in [6, 6.07) is 10.2. The van der Waals surface area contributed by atoms with Crippen LogP contribution in [0.25, 0.3) is 11.0 Å². The number of halogens is 1. The maximum Gasteiger partial charge on any atom is 0.162 e. The lowest BCUT2D eigenvalue weighted by Crippen LogP contribution is -2.06. The highest BCUT2D eigenvalue weighted by Gasteiger charge is 2.15. The van der Waals surface area contributed by atoms with Crippen LogP contribution in [0, 0.1) is 5.82 Å². The highest BCUT2D eigenvalue weighted by Crippen LogP contribution is 2.32. The minimum Gasteiger partial charge on any atom is -0.493 e. The largest absolute Gasteiger partial charge is 0.493 e. The zero-order chi connectivity index (χ0) is 17.1. The van der Waals surface area contributed by atoms with Crippen LogP contribution in [0.1, 0.15) is 24.4 Å². The molecule has 0 saturated heterocycles. The molecule has 1 heterocycles. The van der Waals surface area contributed by atoms with E-state index in [1.807, 2.05) is 31.2 Å². The van der Waals surface area contributed by atoms with Gasteiger partial charge in [-0.15, -0.1) is 6.58 Å². The maximum atomic E-state index is 13.3. The summed E-state index contributed by atoms with van der Waals surface area (Å²) in [7, 11) is 1.61. The number of nitrogens with one attached hydrogen (secondary N) is 1. The zero-order valence-corrected chi connectivity index (χ0v) is 13.7. The molecule has 1 atom stereocenters. The van der Waals surface area contributed by atoms with Crippen LogP contribution >= 0.6 is 0 Å². The van der Waals surface area contributed by atoms with Gasteiger partial charge in [0, 0.05) is 0 Å². The summed E-state index contributed by atoms with van der Waals surface area (Å²) in [5.74, 6) is 1.62. The van der Waals surface area contributed by atoms with Crippen LogP contribution in [0.5, 0.6) is 11.5 Å². The van der Waals surface area contributed by atoms with Gasteiger partial charge in [0.15, 0.2) is 17.6 Å². The molecular weight excluding hydrogens is 307 g/mol. The molecule has 24 heavy (non-hydrogen) atoms. The third-order valence-corrected chi connectivity index (χ3v) is 3.76. The van der Waals surface area contributed by atoms with Gasteiger partial charge in [-0.2, -0.15) is 0 Å². The molecule has 5 heteroatoms. The lowest BCUT2D eigenvalue weighted by Gasteiger charge is -2.16. The molecule has 0 radical (unpaired) electrons. The first-order valence-electron chi connectivity index (χ1n) is 7.70. The second kappa shape index (κ2) is 6.74. The van der Waals surface area contributed by atoms with Gasteiger partial charge in [0.25, 0.3) is 0 Å². The van der Waals surface area contributed by atoms with Gasteiger partial charge in [0.1, 0.15) is 11.6 Å². The number of ether oxygens (including phenoxy) is 2. The second-order valence-corrected chi connectivity index (χ2v) is 5.52. The van der Waals surface area contributed by atoms with Gasteiger partial charge in [-0.3, -0.25) is 0 Å². The minimum atomic E-state index is -0.334. The quantitative estimate of drug-likeness (QED) is 0.675. The lowest BCUT2D eigenvalue weighted by molar-refractivity contribution is 0.208. The Labute approximate surface area is 139 Å². The van der Waals surface area contributed by atoms with Crippen molar-refractivity contribution in [1.82, 2.24) is 9.97 Å². The van der Waals surface area contributed by atoms with E-state index < -0.39 is 0 Å². The molecule has 0 spiro atoms. The molecule has 4 nitrogen and oxygen atoms in total. The fourth-order valence-corrected chi connectivity index (χ4v) is 2.54. The van der Waals surface area contributed by atoms with Gasteiger partial charge in [0.2, 0.25) is 0 Å². The van der Waals surface area contributed by atoms with Crippen molar-refractivity contribution in [3.8, 4) is 11.5 Å². The Morgan fingerprint density at radius 3 is 2.83 bits per heavy atom. The average Bonchev–Trinajstić information content (AvgIpc) is 2.99. The van der Waals surface area contributed by atoms with Crippen LogP contribution in [-0.2, 0) is 6.42 Å². The minimum absolute atomic E-state index is 0.300. The van der Waals surface area contributed by atoms with Crippen LogP contribution in [0.2, 0.25) is 0 Å². The summed E-state index contributed by atoms with van der Waals surface area (Å²) in [6.45, 7) is 5.62. The number of H-pyrrole nitrogens is 1. The first-order chi connectivity index (χ1) is 11.6. The number of imidazole rings is 1. The van der Waals surface area contributed by atoms with E-state index >= 15 is 0 Å². The highest BCUT2D eigenvalue weighted by molar-refractivity contribution is 5.75. The summed E-state index contributed by atoms with van der Waals surface area (Å²) >= 11 is 0. The van der Waals surface area contributed by atoms with Crippen LogP contribution in [-0.4, -0.2) is 17.1 Å². The zero-order valence-electron chi connectivity index (χ0n) is 13.7. The van der Waals surface area contributed by atoms with E-state index in [1.165, 1.54) is 12.1 Å². The molecule has 0 aliphatic carbocycles. The molecule has 0 fully saturated rings. The summed E-state index contributed by atoms with van der Waals surface area (Å²) in [5.41, 5.74) is 2.45. The monoisotopic (exact) mass is 326 g/mol. The molecule has 3 rings (SSSR count). The molecule has 1 N–H and O–H groups in total. The normalized spacial score (nSPS) is 12.1. The predicted octanol–water partition coefficient (Wildman–Crippen LogP) is 4.58. The number of aromatic amines is 1. The first kappa shape index (κ1) is 16.1. The van der Waals surface area contributed by atoms with E-state index in [1.54, 1.807) is 13.2 Å². The van der Waals surface area contributed by atoms with Crippen LogP contribution in [0.15, 0.2) is 49.1 Å². The lowest BCUT2D eigenvalue weighted by atomic mass is 10.1. The molecule has 0 amide bonds. The van der Waals surface area contributed by atoms with Crippen molar-refractivity contribution in [2.75, 3.05) is 7.11 Å². The van der Waals surface area contributed by atoms with E-state index in [9.17, 15) is 4.39 Å². The number of hydrogen-bond acceptors (Lipinski definition) is 3. The molecule has 0 saturated carbocycles. The van der Waals surface area contributed by atoms with Crippen LogP contribution in [0.4, 0.5) is 4.39 Å². The standard InChI is InChI=1S/C19H19FN2O2/c1-4-5-13-6-9-17(18(10-13)23-3)24-12(2)19-21-15-8-7-14(20)11-16(15)22-19/h4,6-12H,1,5H2,2-3H3,(H,21,22)/t12-/m1/s1.